The van der Waals surface area contributed by atoms with Crippen molar-refractivity contribution in [2.24, 2.45) is 0 Å². The van der Waals surface area contributed by atoms with Crippen LogP contribution >= 0.6 is 0 Å². The zero-order valence-corrected chi connectivity index (χ0v) is 13.8. The fourth-order valence-corrected chi connectivity index (χ4v) is 5.68. The molecule has 0 spiro atoms. The molecule has 27 heavy (non-hydrogen) atoms. The van der Waals surface area contributed by atoms with Crippen LogP contribution in [-0.4, -0.2) is 8.07 Å². The summed E-state index contributed by atoms with van der Waals surface area (Å²) in [6.07, 6.45) is 0. The van der Waals surface area contributed by atoms with E-state index in [0.717, 1.165) is 0 Å². The van der Waals surface area contributed by atoms with E-state index in [2.05, 4.69) is 13.2 Å². The molecule has 0 unspecified atom stereocenters. The van der Waals surface area contributed by atoms with E-state index in [9.17, 15) is 43.9 Å². The lowest BCUT2D eigenvalue weighted by molar-refractivity contribution is 0.382. The van der Waals surface area contributed by atoms with Gasteiger partial charge in [-0.1, -0.05) is 11.4 Å². The Morgan fingerprint density at radius 3 is 0.778 bits per heavy atom. The molecule has 0 amide bonds. The molecule has 0 N–H and O–H groups in total. The molecule has 0 aliphatic rings. The smallest absolute Gasteiger partial charge is 0.200 e. The highest BCUT2D eigenvalue weighted by atomic mass is 28.3. The predicted octanol–water partition coefficient (Wildman–Crippen LogP) is 4.09. The molecule has 0 aliphatic carbocycles. The van der Waals surface area contributed by atoms with Crippen LogP contribution < -0.4 is 10.4 Å². The van der Waals surface area contributed by atoms with Crippen molar-refractivity contribution in [1.29, 1.82) is 0 Å². The first-order chi connectivity index (χ1) is 12.5. The maximum atomic E-state index is 14.2. The van der Waals surface area contributed by atoms with Crippen molar-refractivity contribution >= 4 is 18.4 Å². The van der Waals surface area contributed by atoms with Gasteiger partial charge in [-0.15, -0.1) is 13.2 Å². The van der Waals surface area contributed by atoms with Gasteiger partial charge in [0.2, 0.25) is 11.6 Å². The fourth-order valence-electron chi connectivity index (χ4n) is 2.55. The highest BCUT2D eigenvalue weighted by Crippen LogP contribution is 2.25. The summed E-state index contributed by atoms with van der Waals surface area (Å²) in [5, 5.41) is -3.54. The van der Waals surface area contributed by atoms with E-state index in [1.54, 1.807) is 0 Å². The van der Waals surface area contributed by atoms with Crippen molar-refractivity contribution in [2.45, 2.75) is 0 Å². The molecule has 0 fully saturated rings. The summed E-state index contributed by atoms with van der Waals surface area (Å²) < 4.78 is 138. The molecule has 144 valence electrons. The zero-order valence-electron chi connectivity index (χ0n) is 12.8. The maximum absolute atomic E-state index is 14.2. The largest absolute Gasteiger partial charge is 0.204 e. The molecule has 0 nitrogen and oxygen atoms in total. The van der Waals surface area contributed by atoms with Gasteiger partial charge in [-0.3, -0.25) is 0 Å². The molecule has 0 heterocycles. The summed E-state index contributed by atoms with van der Waals surface area (Å²) in [6.45, 7) is 6.06. The lowest BCUT2D eigenvalue weighted by atomic mass is 10.3. The van der Waals surface area contributed by atoms with E-state index >= 15 is 0 Å². The monoisotopic (exact) mass is 416 g/mol. The summed E-state index contributed by atoms with van der Waals surface area (Å²) in [7, 11) is -5.11. The van der Waals surface area contributed by atoms with Crippen LogP contribution in [0, 0.1) is 58.2 Å². The Balaban J connectivity index is 3.14. The molecule has 0 saturated heterocycles. The minimum Gasteiger partial charge on any atom is -0.204 e. The van der Waals surface area contributed by atoms with Gasteiger partial charge in [0, 0.05) is 10.4 Å². The van der Waals surface area contributed by atoms with Gasteiger partial charge in [-0.05, 0) is 0 Å². The van der Waals surface area contributed by atoms with Crippen LogP contribution in [0.2, 0.25) is 0 Å². The van der Waals surface area contributed by atoms with E-state index in [1.807, 2.05) is 0 Å². The van der Waals surface area contributed by atoms with Gasteiger partial charge in [0.15, 0.2) is 54.6 Å². The van der Waals surface area contributed by atoms with Gasteiger partial charge < -0.3 is 0 Å². The average molecular weight is 416 g/mol. The summed E-state index contributed by atoms with van der Waals surface area (Å²) in [6, 6.07) is 0. The first kappa shape index (κ1) is 20.7. The normalized spacial score (nSPS) is 11.6. The van der Waals surface area contributed by atoms with E-state index in [4.69, 9.17) is 0 Å². The van der Waals surface area contributed by atoms with E-state index in [1.165, 1.54) is 0 Å². The molecule has 0 aromatic heterocycles. The summed E-state index contributed by atoms with van der Waals surface area (Å²) in [4.78, 5) is 0. The Labute approximate surface area is 146 Å². The molecule has 11 heteroatoms. The van der Waals surface area contributed by atoms with Crippen LogP contribution in [0.25, 0.3) is 0 Å². The third-order valence-corrected chi connectivity index (χ3v) is 7.71. The first-order valence-electron chi connectivity index (χ1n) is 6.78. The lowest BCUT2D eigenvalue weighted by Crippen LogP contribution is -2.61. The number of hydrogen-bond acceptors (Lipinski definition) is 0. The van der Waals surface area contributed by atoms with Crippen LogP contribution in [0.15, 0.2) is 24.6 Å². The van der Waals surface area contributed by atoms with Gasteiger partial charge in [-0.25, -0.2) is 43.9 Å². The fraction of sp³-hybridized carbons (Fsp3) is 0. The second kappa shape index (κ2) is 6.87. The second-order valence-corrected chi connectivity index (χ2v) is 8.72. The third kappa shape index (κ3) is 2.68. The molecule has 2 rings (SSSR count). The van der Waals surface area contributed by atoms with Crippen molar-refractivity contribution in [1.82, 2.24) is 0 Å². The van der Waals surface area contributed by atoms with Crippen LogP contribution in [0.5, 0.6) is 0 Å². The molecule has 0 atom stereocenters. The molecule has 0 saturated carbocycles. The Bertz CT molecular complexity index is 845. The SMILES string of the molecule is C=C[Si](C=C)(c1c(F)c(F)c(F)c(F)c1F)c1c(F)c(F)c(F)c(F)c1F. The molecule has 2 aromatic carbocycles. The number of benzene rings is 2. The third-order valence-electron chi connectivity index (χ3n) is 3.89. The molecular formula is C16H6F10Si. The molecule has 0 bridgehead atoms. The summed E-state index contributed by atoms with van der Waals surface area (Å²) >= 11 is 0. The van der Waals surface area contributed by atoms with Gasteiger partial charge in [0.1, 0.15) is 0 Å². The quantitative estimate of drug-likeness (QED) is 0.305. The van der Waals surface area contributed by atoms with Gasteiger partial charge in [0.25, 0.3) is 0 Å². The molecule has 0 radical (unpaired) electrons. The maximum Gasteiger partial charge on any atom is 0.200 e. The van der Waals surface area contributed by atoms with Crippen LogP contribution in [-0.2, 0) is 0 Å². The molecular weight excluding hydrogens is 410 g/mol. The van der Waals surface area contributed by atoms with Crippen molar-refractivity contribution in [3.05, 3.63) is 82.7 Å². The summed E-state index contributed by atoms with van der Waals surface area (Å²) in [5.41, 5.74) is 0.743. The van der Waals surface area contributed by atoms with Crippen molar-refractivity contribution in [3.63, 3.8) is 0 Å². The minimum atomic E-state index is -5.11. The van der Waals surface area contributed by atoms with E-state index in [0.29, 0.717) is 11.4 Å². The Morgan fingerprint density at radius 2 is 0.593 bits per heavy atom. The summed E-state index contributed by atoms with van der Waals surface area (Å²) in [5.74, 6) is -25.0. The zero-order chi connectivity index (χ0) is 20.8. The van der Waals surface area contributed by atoms with Crippen LogP contribution in [0.4, 0.5) is 43.9 Å². The van der Waals surface area contributed by atoms with Crippen molar-refractivity contribution < 1.29 is 43.9 Å². The van der Waals surface area contributed by atoms with Crippen molar-refractivity contribution in [3.8, 4) is 0 Å². The molecule has 0 aliphatic heterocycles. The Morgan fingerprint density at radius 1 is 0.407 bits per heavy atom. The predicted molar refractivity (Wildman–Crippen MR) is 77.9 cm³/mol. The Hall–Kier alpha value is -2.56. The second-order valence-electron chi connectivity index (χ2n) is 5.17. The first-order valence-corrected chi connectivity index (χ1v) is 8.94. The van der Waals surface area contributed by atoms with Gasteiger partial charge in [0.05, 0.1) is 0 Å². The average Bonchev–Trinajstić information content (AvgIpc) is 2.66. The van der Waals surface area contributed by atoms with Crippen molar-refractivity contribution in [2.75, 3.05) is 0 Å². The standard InChI is InChI=1S/C16H6F10Si/c1-3-27(4-2,15-11(23)7(19)5(17)8(20)12(15)24)16-13(25)9(21)6(18)10(22)14(16)26/h3-4H,1-2H2. The highest BCUT2D eigenvalue weighted by molar-refractivity contribution is 7.09. The number of halogens is 10. The van der Waals surface area contributed by atoms with E-state index in [-0.39, 0.29) is 0 Å². The highest BCUT2D eigenvalue weighted by Gasteiger charge is 2.46. The topological polar surface area (TPSA) is 0 Å². The van der Waals surface area contributed by atoms with Crippen LogP contribution in [0.1, 0.15) is 0 Å². The lowest BCUT2D eigenvalue weighted by Gasteiger charge is -2.28. The number of hydrogen-bond donors (Lipinski definition) is 0. The minimum absolute atomic E-state index is 0.372. The van der Waals surface area contributed by atoms with Crippen LogP contribution in [0.3, 0.4) is 0 Å². The number of rotatable bonds is 4. The van der Waals surface area contributed by atoms with Gasteiger partial charge >= 0.3 is 0 Å². The van der Waals surface area contributed by atoms with E-state index < -0.39 is 76.6 Å². The Kier molecular flexibility index (Phi) is 5.28. The van der Waals surface area contributed by atoms with Gasteiger partial charge in [-0.2, -0.15) is 0 Å². The molecule has 2 aromatic rings.